The first kappa shape index (κ1) is 17.4. The Hall–Kier alpha value is -3.01. The molecule has 0 fully saturated rings. The molecule has 2 nitrogen and oxygen atoms in total. The van der Waals surface area contributed by atoms with E-state index in [9.17, 15) is 8.78 Å². The minimum absolute atomic E-state index is 0.161. The molecule has 1 unspecified atom stereocenters. The van der Waals surface area contributed by atoms with Gasteiger partial charge in [0.25, 0.3) is 0 Å². The summed E-state index contributed by atoms with van der Waals surface area (Å²) in [5.74, 6) is -0.504. The Morgan fingerprint density at radius 3 is 2.59 bits per heavy atom. The van der Waals surface area contributed by atoms with Crippen LogP contribution in [0.4, 0.5) is 8.78 Å². The van der Waals surface area contributed by atoms with Gasteiger partial charge in [0.1, 0.15) is 23.1 Å². The molecule has 0 radical (unpaired) electrons. The molecule has 2 aromatic carbocycles. The highest BCUT2D eigenvalue weighted by Crippen LogP contribution is 2.43. The Bertz CT molecular complexity index is 1040. The molecule has 27 heavy (non-hydrogen) atoms. The molecule has 136 valence electrons. The van der Waals surface area contributed by atoms with Crippen LogP contribution in [0.25, 0.3) is 16.8 Å². The number of rotatable bonds is 3. The number of aromatic nitrogens is 1. The number of benzene rings is 2. The van der Waals surface area contributed by atoms with E-state index in [1.807, 2.05) is 36.4 Å². The van der Waals surface area contributed by atoms with E-state index in [0.717, 1.165) is 22.8 Å². The Labute approximate surface area is 157 Å². The first-order chi connectivity index (χ1) is 13.0. The number of ether oxygens (including phenoxy) is 1. The highest BCUT2D eigenvalue weighted by Gasteiger charge is 2.28. The summed E-state index contributed by atoms with van der Waals surface area (Å²) in [5, 5.41) is 0. The highest BCUT2D eigenvalue weighted by atomic mass is 19.1. The van der Waals surface area contributed by atoms with Crippen LogP contribution in [0.15, 0.2) is 55.1 Å². The molecule has 0 saturated carbocycles. The summed E-state index contributed by atoms with van der Waals surface area (Å²) in [5.41, 5.74) is 4.31. The maximum atomic E-state index is 14.6. The summed E-state index contributed by atoms with van der Waals surface area (Å²) >= 11 is 0. The lowest BCUT2D eigenvalue weighted by molar-refractivity contribution is 0.337. The summed E-state index contributed by atoms with van der Waals surface area (Å²) in [6, 6.07) is 14.1. The van der Waals surface area contributed by atoms with Gasteiger partial charge in [-0.05, 0) is 30.2 Å². The molecule has 0 bridgehead atoms. The monoisotopic (exact) mass is 363 g/mol. The molecular weight excluding hydrogens is 344 g/mol. The Morgan fingerprint density at radius 2 is 1.85 bits per heavy atom. The third-order valence-corrected chi connectivity index (χ3v) is 4.95. The number of halogens is 2. The van der Waals surface area contributed by atoms with Gasteiger partial charge in [0.15, 0.2) is 0 Å². The number of nitrogens with zero attached hydrogens (tertiary/aromatic N) is 1. The third-order valence-electron chi connectivity index (χ3n) is 4.95. The van der Waals surface area contributed by atoms with E-state index < -0.39 is 11.6 Å². The number of fused-ring (bicyclic) bond motifs is 1. The number of hydrogen-bond acceptors (Lipinski definition) is 2. The summed E-state index contributed by atoms with van der Waals surface area (Å²) in [6.07, 6.45) is 0. The molecular formula is C23H19F2NO. The number of hydrogen-bond donors (Lipinski definition) is 0. The lowest BCUT2D eigenvalue weighted by Crippen LogP contribution is -2.00. The van der Waals surface area contributed by atoms with E-state index in [4.69, 9.17) is 4.74 Å². The van der Waals surface area contributed by atoms with Crippen molar-refractivity contribution in [3.05, 3.63) is 89.1 Å². The fourth-order valence-electron chi connectivity index (χ4n) is 3.33. The number of pyridine rings is 1. The molecule has 0 N–H and O–H groups in total. The van der Waals surface area contributed by atoms with Crippen molar-refractivity contribution in [1.82, 2.24) is 4.98 Å². The largest absolute Gasteiger partial charge is 0.490 e. The van der Waals surface area contributed by atoms with E-state index in [1.165, 1.54) is 6.07 Å². The summed E-state index contributed by atoms with van der Waals surface area (Å²) in [7, 11) is 0. The van der Waals surface area contributed by atoms with Crippen molar-refractivity contribution >= 4 is 5.57 Å². The molecule has 1 aliphatic rings. The van der Waals surface area contributed by atoms with Crippen molar-refractivity contribution in [3.8, 4) is 17.0 Å². The first-order valence-corrected chi connectivity index (χ1v) is 8.84. The van der Waals surface area contributed by atoms with E-state index in [-0.39, 0.29) is 11.5 Å². The van der Waals surface area contributed by atoms with Crippen molar-refractivity contribution in [2.45, 2.75) is 19.8 Å². The lowest BCUT2D eigenvalue weighted by Gasteiger charge is -2.14. The van der Waals surface area contributed by atoms with Crippen molar-refractivity contribution in [1.29, 1.82) is 0 Å². The van der Waals surface area contributed by atoms with E-state index in [1.54, 1.807) is 6.92 Å². The molecule has 1 aromatic heterocycles. The van der Waals surface area contributed by atoms with Crippen molar-refractivity contribution in [3.63, 3.8) is 0 Å². The van der Waals surface area contributed by atoms with Gasteiger partial charge in [-0.25, -0.2) is 13.8 Å². The predicted molar refractivity (Wildman–Crippen MR) is 103 cm³/mol. The van der Waals surface area contributed by atoms with Gasteiger partial charge in [-0.3, -0.25) is 0 Å². The molecule has 4 heteroatoms. The summed E-state index contributed by atoms with van der Waals surface area (Å²) in [6.45, 7) is 8.34. The lowest BCUT2D eigenvalue weighted by atomic mass is 9.96. The van der Waals surface area contributed by atoms with Gasteiger partial charge in [-0.15, -0.1) is 0 Å². The summed E-state index contributed by atoms with van der Waals surface area (Å²) in [4.78, 5) is 4.67. The van der Waals surface area contributed by atoms with Crippen molar-refractivity contribution < 1.29 is 13.5 Å². The van der Waals surface area contributed by atoms with Crippen LogP contribution in [0.1, 0.15) is 35.2 Å². The zero-order valence-electron chi connectivity index (χ0n) is 15.2. The van der Waals surface area contributed by atoms with Crippen molar-refractivity contribution in [2.75, 3.05) is 6.61 Å². The molecule has 1 atom stereocenters. The average Bonchev–Trinajstić information content (AvgIpc) is 3.05. The molecule has 0 saturated heterocycles. The van der Waals surface area contributed by atoms with Gasteiger partial charge < -0.3 is 4.74 Å². The van der Waals surface area contributed by atoms with Crippen molar-refractivity contribution in [2.24, 2.45) is 0 Å². The second-order valence-corrected chi connectivity index (χ2v) is 6.91. The topological polar surface area (TPSA) is 22.1 Å². The van der Waals surface area contributed by atoms with Crippen LogP contribution in [-0.2, 0) is 0 Å². The van der Waals surface area contributed by atoms with E-state index in [0.29, 0.717) is 29.3 Å². The molecule has 1 aliphatic heterocycles. The zero-order valence-corrected chi connectivity index (χ0v) is 15.2. The third kappa shape index (κ3) is 3.01. The summed E-state index contributed by atoms with van der Waals surface area (Å²) < 4.78 is 34.1. The van der Waals surface area contributed by atoms with Gasteiger partial charge in [0.05, 0.1) is 12.3 Å². The molecule has 4 rings (SSSR count). The van der Waals surface area contributed by atoms with E-state index in [2.05, 4.69) is 18.5 Å². The average molecular weight is 363 g/mol. The Balaban J connectivity index is 1.92. The molecule has 0 aliphatic carbocycles. The predicted octanol–water partition coefficient (Wildman–Crippen LogP) is 5.89. The quantitative estimate of drug-likeness (QED) is 0.579. The minimum atomic E-state index is -0.654. The second-order valence-electron chi connectivity index (χ2n) is 6.91. The normalized spacial score (nSPS) is 15.3. The van der Waals surface area contributed by atoms with Crippen LogP contribution in [0.2, 0.25) is 0 Å². The van der Waals surface area contributed by atoms with Gasteiger partial charge in [0.2, 0.25) is 0 Å². The molecule has 0 amide bonds. The van der Waals surface area contributed by atoms with Crippen LogP contribution < -0.4 is 4.74 Å². The fourth-order valence-corrected chi connectivity index (χ4v) is 3.33. The Morgan fingerprint density at radius 1 is 1.11 bits per heavy atom. The van der Waals surface area contributed by atoms with Gasteiger partial charge in [-0.1, -0.05) is 43.8 Å². The van der Waals surface area contributed by atoms with Crippen LogP contribution in [0.3, 0.4) is 0 Å². The smallest absolute Gasteiger partial charge is 0.149 e. The zero-order chi connectivity index (χ0) is 19.1. The van der Waals surface area contributed by atoms with Gasteiger partial charge >= 0.3 is 0 Å². The molecule has 2 heterocycles. The van der Waals surface area contributed by atoms with Crippen LogP contribution in [0.5, 0.6) is 5.75 Å². The van der Waals surface area contributed by atoms with E-state index >= 15 is 0 Å². The van der Waals surface area contributed by atoms with Crippen LogP contribution >= 0.6 is 0 Å². The Kier molecular flexibility index (Phi) is 4.27. The molecule has 0 spiro atoms. The maximum absolute atomic E-state index is 14.6. The minimum Gasteiger partial charge on any atom is -0.490 e. The second kappa shape index (κ2) is 6.62. The fraction of sp³-hybridized carbons (Fsp3) is 0.174. The highest BCUT2D eigenvalue weighted by molar-refractivity contribution is 5.80. The van der Waals surface area contributed by atoms with Crippen LogP contribution in [-0.4, -0.2) is 11.6 Å². The standard InChI is InChI=1S/C23H19F2NO/c1-13-9-18(20(25)11-19(13)24)22-23-17(14(2)12-27-23)10-21(26-22)15(3)16-7-5-4-6-8-16/h4-11,14H,3,12H2,1-2H3. The first-order valence-electron chi connectivity index (χ1n) is 8.84. The number of aryl methyl sites for hydroxylation is 1. The molecule has 3 aromatic rings. The van der Waals surface area contributed by atoms with Crippen LogP contribution in [0, 0.1) is 18.6 Å². The van der Waals surface area contributed by atoms with Gasteiger partial charge in [0, 0.05) is 28.7 Å². The maximum Gasteiger partial charge on any atom is 0.149 e. The van der Waals surface area contributed by atoms with Gasteiger partial charge in [-0.2, -0.15) is 0 Å². The SMILES string of the molecule is C=C(c1ccccc1)c1cc2c(c(-c3cc(C)c(F)cc3F)n1)OCC2C.